The molecule has 1 amide bonds. The van der Waals surface area contributed by atoms with Gasteiger partial charge in [0.1, 0.15) is 23.7 Å². The molecule has 3 aliphatic heterocycles. The zero-order valence-electron chi connectivity index (χ0n) is 10.1. The topological polar surface area (TPSA) is 139 Å². The molecule has 0 aliphatic carbocycles. The minimum Gasteiger partial charge on any atom is -0.481 e. The maximum atomic E-state index is 12.0. The Kier molecular flexibility index (Phi) is 2.52. The van der Waals surface area contributed by atoms with Crippen LogP contribution in [0.4, 0.5) is 0 Å². The van der Waals surface area contributed by atoms with Gasteiger partial charge in [-0.25, -0.2) is 4.79 Å². The molecule has 0 aromatic carbocycles. The van der Waals surface area contributed by atoms with E-state index in [1.165, 1.54) is 0 Å². The van der Waals surface area contributed by atoms with Crippen LogP contribution in [0, 0.1) is 5.92 Å². The number of ether oxygens (including phenoxy) is 2. The molecule has 20 heavy (non-hydrogen) atoms. The first-order chi connectivity index (χ1) is 9.35. The third-order valence-corrected chi connectivity index (χ3v) is 3.96. The Bertz CT molecular complexity index is 531. The van der Waals surface area contributed by atoms with Crippen LogP contribution in [0.1, 0.15) is 12.8 Å². The average Bonchev–Trinajstić information content (AvgIpc) is 2.85. The van der Waals surface area contributed by atoms with Crippen LogP contribution < -0.4 is 5.32 Å². The molecule has 3 fully saturated rings. The second-order valence-electron chi connectivity index (χ2n) is 5.10. The number of aliphatic carboxylic acids is 2. The highest BCUT2D eigenvalue weighted by Gasteiger charge is 2.71. The maximum Gasteiger partial charge on any atom is 0.329 e. The fourth-order valence-electron chi connectivity index (χ4n) is 3.31. The normalized spacial score (nSPS) is 41.8. The smallest absolute Gasteiger partial charge is 0.329 e. The third kappa shape index (κ3) is 1.52. The number of esters is 1. The highest BCUT2D eigenvalue weighted by Crippen LogP contribution is 2.49. The molecule has 0 saturated carbocycles. The van der Waals surface area contributed by atoms with Crippen molar-refractivity contribution in [2.24, 2.45) is 5.92 Å². The monoisotopic (exact) mass is 285 g/mol. The lowest BCUT2D eigenvalue weighted by atomic mass is 9.80. The van der Waals surface area contributed by atoms with Crippen LogP contribution in [-0.2, 0) is 28.7 Å². The highest BCUT2D eigenvalue weighted by molar-refractivity contribution is 5.94. The quantitative estimate of drug-likeness (QED) is 0.511. The molecule has 5 atom stereocenters. The van der Waals surface area contributed by atoms with Crippen molar-refractivity contribution < 1.29 is 38.9 Å². The first-order valence-corrected chi connectivity index (χ1v) is 5.97. The van der Waals surface area contributed by atoms with Gasteiger partial charge in [-0.3, -0.25) is 14.4 Å². The lowest BCUT2D eigenvalue weighted by Crippen LogP contribution is -2.52. The van der Waals surface area contributed by atoms with Crippen molar-refractivity contribution in [2.45, 2.75) is 36.7 Å². The summed E-state index contributed by atoms with van der Waals surface area (Å²) in [6.07, 6.45) is -2.47. The Balaban J connectivity index is 2.03. The van der Waals surface area contributed by atoms with E-state index in [1.54, 1.807) is 0 Å². The molecular formula is C11H11NO8. The summed E-state index contributed by atoms with van der Waals surface area (Å²) in [6, 6.07) is -1.47. The number of nitrogens with one attached hydrogen (secondary N) is 1. The number of fused-ring (bicyclic) bond motifs is 3. The number of hydrogen-bond acceptors (Lipinski definition) is 6. The summed E-state index contributed by atoms with van der Waals surface area (Å²) in [5.41, 5.74) is -1.72. The van der Waals surface area contributed by atoms with E-state index in [0.717, 1.165) is 0 Å². The fraction of sp³-hybridized carbons (Fsp3) is 0.636. The number of carbonyl (C=O) groups is 4. The van der Waals surface area contributed by atoms with Crippen molar-refractivity contribution >= 4 is 23.8 Å². The number of carboxylic acid groups (broad SMARTS) is 2. The van der Waals surface area contributed by atoms with Gasteiger partial charge >= 0.3 is 17.9 Å². The van der Waals surface area contributed by atoms with E-state index in [9.17, 15) is 24.3 Å². The van der Waals surface area contributed by atoms with Gasteiger partial charge in [-0.2, -0.15) is 0 Å². The molecule has 108 valence electrons. The van der Waals surface area contributed by atoms with Crippen LogP contribution in [0.3, 0.4) is 0 Å². The summed E-state index contributed by atoms with van der Waals surface area (Å²) in [5, 5.41) is 20.4. The molecule has 0 bridgehead atoms. The van der Waals surface area contributed by atoms with E-state index in [1.807, 2.05) is 0 Å². The van der Waals surface area contributed by atoms with E-state index < -0.39 is 60.0 Å². The van der Waals surface area contributed by atoms with E-state index in [4.69, 9.17) is 14.6 Å². The largest absolute Gasteiger partial charge is 0.481 e. The molecule has 9 heteroatoms. The molecule has 0 aromatic rings. The van der Waals surface area contributed by atoms with Crippen molar-refractivity contribution in [3.63, 3.8) is 0 Å². The predicted molar refractivity (Wildman–Crippen MR) is 57.4 cm³/mol. The number of amides is 1. The molecule has 9 nitrogen and oxygen atoms in total. The molecule has 3 saturated heterocycles. The van der Waals surface area contributed by atoms with Crippen LogP contribution in [-0.4, -0.2) is 57.9 Å². The Morgan fingerprint density at radius 3 is 2.65 bits per heavy atom. The highest BCUT2D eigenvalue weighted by atomic mass is 16.6. The van der Waals surface area contributed by atoms with Gasteiger partial charge in [-0.1, -0.05) is 0 Å². The van der Waals surface area contributed by atoms with E-state index in [-0.39, 0.29) is 6.42 Å². The van der Waals surface area contributed by atoms with Gasteiger partial charge in [0.05, 0.1) is 12.8 Å². The molecule has 3 heterocycles. The zero-order chi connectivity index (χ0) is 14.7. The van der Waals surface area contributed by atoms with E-state index in [2.05, 4.69) is 5.32 Å². The summed E-state index contributed by atoms with van der Waals surface area (Å²) >= 11 is 0. The lowest BCUT2D eigenvalue weighted by molar-refractivity contribution is -0.157. The second-order valence-corrected chi connectivity index (χ2v) is 5.10. The molecule has 0 spiro atoms. The van der Waals surface area contributed by atoms with E-state index >= 15 is 0 Å². The predicted octanol–water partition coefficient (Wildman–Crippen LogP) is -1.89. The Labute approximate surface area is 111 Å². The van der Waals surface area contributed by atoms with Crippen LogP contribution in [0.15, 0.2) is 0 Å². The van der Waals surface area contributed by atoms with E-state index in [0.29, 0.717) is 0 Å². The number of carboxylic acids is 2. The molecule has 3 N–H and O–H groups in total. The van der Waals surface area contributed by atoms with Gasteiger partial charge in [-0.15, -0.1) is 0 Å². The summed E-state index contributed by atoms with van der Waals surface area (Å²) in [5.74, 6) is -5.00. The van der Waals surface area contributed by atoms with Gasteiger partial charge in [0, 0.05) is 0 Å². The minimum absolute atomic E-state index is 0.109. The van der Waals surface area contributed by atoms with Crippen LogP contribution in [0.25, 0.3) is 0 Å². The molecule has 0 radical (unpaired) electrons. The number of carbonyl (C=O) groups excluding carboxylic acids is 2. The van der Waals surface area contributed by atoms with Crippen molar-refractivity contribution in [1.82, 2.24) is 5.32 Å². The summed E-state index contributed by atoms with van der Waals surface area (Å²) < 4.78 is 10.5. The van der Waals surface area contributed by atoms with Crippen LogP contribution in [0.2, 0.25) is 0 Å². The van der Waals surface area contributed by atoms with Gasteiger partial charge in [0.15, 0.2) is 6.04 Å². The van der Waals surface area contributed by atoms with Crippen molar-refractivity contribution in [2.75, 3.05) is 0 Å². The minimum atomic E-state index is -1.72. The Morgan fingerprint density at radius 2 is 2.05 bits per heavy atom. The first kappa shape index (κ1) is 12.9. The zero-order valence-corrected chi connectivity index (χ0v) is 10.1. The van der Waals surface area contributed by atoms with Gasteiger partial charge in [0.25, 0.3) is 0 Å². The van der Waals surface area contributed by atoms with Crippen molar-refractivity contribution in [1.29, 1.82) is 0 Å². The number of hydrogen-bond donors (Lipinski definition) is 3. The molecule has 0 aromatic heterocycles. The van der Waals surface area contributed by atoms with Crippen molar-refractivity contribution in [3.8, 4) is 0 Å². The third-order valence-electron chi connectivity index (χ3n) is 3.96. The Hall–Kier alpha value is -2.16. The Morgan fingerprint density at radius 1 is 1.35 bits per heavy atom. The lowest BCUT2D eigenvalue weighted by Gasteiger charge is -2.29. The average molecular weight is 285 g/mol. The SMILES string of the molecule is O=C(O)C[C@@]12O[C@H]3CC(=O)O[C@H]3[C@@H]1C(=O)N[C@H]2C(=O)O. The van der Waals surface area contributed by atoms with Crippen LogP contribution in [0.5, 0.6) is 0 Å². The molecular weight excluding hydrogens is 274 g/mol. The molecule has 3 aliphatic rings. The van der Waals surface area contributed by atoms with Gasteiger partial charge in [-0.05, 0) is 0 Å². The summed E-state index contributed by atoms with van der Waals surface area (Å²) in [7, 11) is 0. The summed E-state index contributed by atoms with van der Waals surface area (Å²) in [6.45, 7) is 0. The van der Waals surface area contributed by atoms with Crippen LogP contribution >= 0.6 is 0 Å². The maximum absolute atomic E-state index is 12.0. The van der Waals surface area contributed by atoms with Gasteiger partial charge < -0.3 is 25.0 Å². The standard InChI is InChI=1S/C11H11NO8/c13-4(14)2-11-6(9(16)12-8(11)10(17)18)7-3(20-11)1-5(15)19-7/h3,6-8H,1-2H2,(H,12,16)(H,13,14)(H,17,18)/t3-,6+,7+,8-,11+/m0/s1. The number of rotatable bonds is 3. The van der Waals surface area contributed by atoms with Crippen molar-refractivity contribution in [3.05, 3.63) is 0 Å². The molecule has 0 unspecified atom stereocenters. The van der Waals surface area contributed by atoms with Gasteiger partial charge in [0.2, 0.25) is 5.91 Å². The summed E-state index contributed by atoms with van der Waals surface area (Å²) in [4.78, 5) is 45.5. The first-order valence-electron chi connectivity index (χ1n) is 5.97. The fourth-order valence-corrected chi connectivity index (χ4v) is 3.31. The molecule has 3 rings (SSSR count). The second kappa shape index (κ2) is 3.92.